The fraction of sp³-hybridized carbons (Fsp3) is 0.333. The molecule has 0 saturated carbocycles. The van der Waals surface area contributed by atoms with Crippen molar-refractivity contribution in [3.63, 3.8) is 0 Å². The zero-order chi connectivity index (χ0) is 14.0. The van der Waals surface area contributed by atoms with Gasteiger partial charge in [-0.1, -0.05) is 0 Å². The fourth-order valence-corrected chi connectivity index (χ4v) is 3.68. The second-order valence-electron chi connectivity index (χ2n) is 4.10. The third kappa shape index (κ3) is 3.46. The van der Waals surface area contributed by atoms with E-state index in [-0.39, 0.29) is 5.91 Å². The molecule has 2 rings (SSSR count). The molecule has 0 aliphatic rings. The number of aromatic nitrogens is 2. The molecule has 1 amide bonds. The van der Waals surface area contributed by atoms with E-state index < -0.39 is 0 Å². The van der Waals surface area contributed by atoms with E-state index in [0.29, 0.717) is 11.4 Å². The van der Waals surface area contributed by atoms with Gasteiger partial charge in [-0.3, -0.25) is 9.48 Å². The monoisotopic (exact) mass is 405 g/mol. The Bertz CT molecular complexity index is 574. The minimum Gasteiger partial charge on any atom is -0.337 e. The summed E-state index contributed by atoms with van der Waals surface area (Å²) in [6, 6.07) is 1.84. The molecule has 0 N–H and O–H groups in total. The Morgan fingerprint density at radius 3 is 2.79 bits per heavy atom. The van der Waals surface area contributed by atoms with E-state index in [2.05, 4.69) is 37.0 Å². The zero-order valence-electron chi connectivity index (χ0n) is 10.6. The largest absolute Gasteiger partial charge is 0.337 e. The molecule has 19 heavy (non-hydrogen) atoms. The van der Waals surface area contributed by atoms with Crippen molar-refractivity contribution in [1.82, 2.24) is 14.7 Å². The summed E-state index contributed by atoms with van der Waals surface area (Å²) < 4.78 is 3.70. The molecule has 7 heteroatoms. The van der Waals surface area contributed by atoms with Gasteiger partial charge < -0.3 is 4.90 Å². The molecule has 0 aliphatic carbocycles. The normalized spacial score (nSPS) is 10.7. The smallest absolute Gasteiger partial charge is 0.264 e. The molecule has 0 aromatic carbocycles. The van der Waals surface area contributed by atoms with Crippen molar-refractivity contribution in [3.8, 4) is 0 Å². The number of thiophene rings is 1. The summed E-state index contributed by atoms with van der Waals surface area (Å²) in [6.45, 7) is 3.43. The van der Waals surface area contributed by atoms with Crippen molar-refractivity contribution in [2.75, 3.05) is 7.05 Å². The molecule has 0 radical (unpaired) electrons. The third-order valence-corrected chi connectivity index (χ3v) is 5.88. The number of carbonyl (C=O) groups excluding carboxylic acids is 1. The topological polar surface area (TPSA) is 38.1 Å². The number of aryl methyl sites for hydroxylation is 1. The van der Waals surface area contributed by atoms with Crippen LogP contribution >= 0.6 is 43.2 Å². The maximum Gasteiger partial charge on any atom is 0.264 e. The first-order chi connectivity index (χ1) is 9.01. The highest BCUT2D eigenvalue weighted by atomic mass is 79.9. The number of halogens is 2. The quantitative estimate of drug-likeness (QED) is 0.775. The van der Waals surface area contributed by atoms with Crippen molar-refractivity contribution >= 4 is 49.1 Å². The molecule has 0 saturated heterocycles. The molecule has 4 nitrogen and oxygen atoms in total. The lowest BCUT2D eigenvalue weighted by Gasteiger charge is -2.14. The Kier molecular flexibility index (Phi) is 4.81. The number of amides is 1. The molecule has 0 spiro atoms. The lowest BCUT2D eigenvalue weighted by molar-refractivity contribution is 0.0790. The SMILES string of the molecule is CCn1cc(CN(C)C(=O)c2cc(Br)c(Br)s2)cn1. The van der Waals surface area contributed by atoms with Crippen LogP contribution in [-0.2, 0) is 13.1 Å². The highest BCUT2D eigenvalue weighted by Crippen LogP contribution is 2.32. The highest BCUT2D eigenvalue weighted by molar-refractivity contribution is 9.13. The first kappa shape index (κ1) is 14.7. The zero-order valence-corrected chi connectivity index (χ0v) is 14.5. The minimum atomic E-state index is 0.0145. The summed E-state index contributed by atoms with van der Waals surface area (Å²) in [5, 5.41) is 4.20. The van der Waals surface area contributed by atoms with E-state index in [1.165, 1.54) is 11.3 Å². The molecular weight excluding hydrogens is 394 g/mol. The first-order valence-corrected chi connectivity index (χ1v) is 8.13. The van der Waals surface area contributed by atoms with E-state index in [1.807, 2.05) is 23.9 Å². The van der Waals surface area contributed by atoms with Crippen molar-refractivity contribution in [3.05, 3.63) is 37.2 Å². The van der Waals surface area contributed by atoms with Gasteiger partial charge in [-0.2, -0.15) is 5.10 Å². The van der Waals surface area contributed by atoms with Crippen LogP contribution in [0.1, 0.15) is 22.2 Å². The van der Waals surface area contributed by atoms with Crippen LogP contribution in [0.4, 0.5) is 0 Å². The van der Waals surface area contributed by atoms with Gasteiger partial charge in [0, 0.05) is 36.4 Å². The van der Waals surface area contributed by atoms with Gasteiger partial charge in [-0.25, -0.2) is 0 Å². The molecule has 2 aromatic heterocycles. The number of rotatable bonds is 4. The van der Waals surface area contributed by atoms with Crippen LogP contribution in [0.25, 0.3) is 0 Å². The Morgan fingerprint density at radius 2 is 2.26 bits per heavy atom. The second kappa shape index (κ2) is 6.19. The summed E-state index contributed by atoms with van der Waals surface area (Å²) in [7, 11) is 1.80. The average molecular weight is 407 g/mol. The van der Waals surface area contributed by atoms with Crippen LogP contribution in [0.2, 0.25) is 0 Å². The van der Waals surface area contributed by atoms with Gasteiger partial charge in [0.15, 0.2) is 0 Å². The minimum absolute atomic E-state index is 0.0145. The van der Waals surface area contributed by atoms with Crippen LogP contribution in [0, 0.1) is 0 Å². The predicted octanol–water partition coefficient (Wildman–Crippen LogP) is 3.76. The Balaban J connectivity index is 2.06. The maximum absolute atomic E-state index is 12.3. The van der Waals surface area contributed by atoms with E-state index in [4.69, 9.17) is 0 Å². The van der Waals surface area contributed by atoms with Crippen molar-refractivity contribution in [2.24, 2.45) is 0 Å². The molecule has 0 aliphatic heterocycles. The van der Waals surface area contributed by atoms with Gasteiger partial charge in [0.1, 0.15) is 0 Å². The highest BCUT2D eigenvalue weighted by Gasteiger charge is 2.16. The summed E-state index contributed by atoms with van der Waals surface area (Å²) in [5.74, 6) is 0.0145. The third-order valence-electron chi connectivity index (χ3n) is 2.63. The second-order valence-corrected chi connectivity index (χ2v) is 7.32. The number of hydrogen-bond acceptors (Lipinski definition) is 3. The lowest BCUT2D eigenvalue weighted by Crippen LogP contribution is -2.25. The summed E-state index contributed by atoms with van der Waals surface area (Å²) in [6.07, 6.45) is 3.76. The van der Waals surface area contributed by atoms with E-state index in [1.54, 1.807) is 18.1 Å². The van der Waals surface area contributed by atoms with Gasteiger partial charge in [0.25, 0.3) is 5.91 Å². The predicted molar refractivity (Wildman–Crippen MR) is 83.4 cm³/mol. The molecule has 0 unspecified atom stereocenters. The van der Waals surface area contributed by atoms with Crippen molar-refractivity contribution < 1.29 is 4.79 Å². The van der Waals surface area contributed by atoms with E-state index in [9.17, 15) is 4.79 Å². The molecule has 0 fully saturated rings. The molecule has 102 valence electrons. The molecular formula is C12H13Br2N3OS. The van der Waals surface area contributed by atoms with Gasteiger partial charge in [0.05, 0.1) is 14.9 Å². The maximum atomic E-state index is 12.3. The Morgan fingerprint density at radius 1 is 1.53 bits per heavy atom. The molecule has 0 bridgehead atoms. The van der Waals surface area contributed by atoms with Crippen LogP contribution < -0.4 is 0 Å². The molecule has 2 aromatic rings. The Labute approximate surface area is 132 Å². The summed E-state index contributed by atoms with van der Waals surface area (Å²) in [5.41, 5.74) is 1.03. The van der Waals surface area contributed by atoms with Crippen LogP contribution in [0.15, 0.2) is 26.7 Å². The fourth-order valence-electron chi connectivity index (χ4n) is 1.65. The van der Waals surface area contributed by atoms with Gasteiger partial charge in [0.2, 0.25) is 0 Å². The Hall–Kier alpha value is -0.660. The van der Waals surface area contributed by atoms with Gasteiger partial charge >= 0.3 is 0 Å². The number of nitrogens with zero attached hydrogens (tertiary/aromatic N) is 3. The van der Waals surface area contributed by atoms with Crippen molar-refractivity contribution in [2.45, 2.75) is 20.0 Å². The van der Waals surface area contributed by atoms with E-state index >= 15 is 0 Å². The molecule has 0 atom stereocenters. The van der Waals surface area contributed by atoms with Gasteiger partial charge in [-0.15, -0.1) is 11.3 Å². The van der Waals surface area contributed by atoms with Gasteiger partial charge in [-0.05, 0) is 44.8 Å². The summed E-state index contributed by atoms with van der Waals surface area (Å²) >= 11 is 8.22. The average Bonchev–Trinajstić information content (AvgIpc) is 2.96. The number of hydrogen-bond donors (Lipinski definition) is 0. The lowest BCUT2D eigenvalue weighted by atomic mass is 10.3. The molecule has 2 heterocycles. The van der Waals surface area contributed by atoms with Crippen LogP contribution in [0.5, 0.6) is 0 Å². The van der Waals surface area contributed by atoms with Crippen molar-refractivity contribution in [1.29, 1.82) is 0 Å². The first-order valence-electron chi connectivity index (χ1n) is 5.73. The summed E-state index contributed by atoms with van der Waals surface area (Å²) in [4.78, 5) is 14.7. The number of carbonyl (C=O) groups is 1. The van der Waals surface area contributed by atoms with E-state index in [0.717, 1.165) is 20.4 Å². The van der Waals surface area contributed by atoms with Crippen LogP contribution in [0.3, 0.4) is 0 Å². The van der Waals surface area contributed by atoms with Crippen LogP contribution in [-0.4, -0.2) is 27.6 Å². The standard InChI is InChI=1S/C12H13Br2N3OS/c1-3-17-7-8(5-15-17)6-16(2)12(18)10-4-9(13)11(14)19-10/h4-5,7H,3,6H2,1-2H3.